The topological polar surface area (TPSA) is 153 Å². The Labute approximate surface area is 269 Å². The number of aliphatic hydroxyl groups excluding tert-OH is 2. The Hall–Kier alpha value is -2.16. The van der Waals surface area contributed by atoms with Crippen LogP contribution in [0.2, 0.25) is 0 Å². The number of hydrogen-bond donors (Lipinski definition) is 3. The van der Waals surface area contributed by atoms with Crippen LogP contribution >= 0.6 is 0 Å². The zero-order chi connectivity index (χ0) is 33.0. The summed E-state index contributed by atoms with van der Waals surface area (Å²) in [5.41, 5.74) is -4.79. The van der Waals surface area contributed by atoms with Crippen molar-refractivity contribution in [3.63, 3.8) is 0 Å². The SMILES string of the molecule is CCN1C[C@@]2(COC)C(O)CC(OC)[C@@]34C1C(C(OC)[C@H]23)[C@@]1(OC(C)=O)C(O)C(OC)[C@@]2(O)C[C@H]4[C@@H]1C2OC(=O)c1ccccc1. The molecule has 46 heavy (non-hydrogen) atoms. The highest BCUT2D eigenvalue weighted by atomic mass is 16.6. The molecule has 1 aromatic rings. The van der Waals surface area contributed by atoms with Gasteiger partial charge in [0, 0.05) is 83.0 Å². The number of hydrogen-bond acceptors (Lipinski definition) is 12. The number of carbonyl (C=O) groups excluding carboxylic acids is 2. The van der Waals surface area contributed by atoms with Crippen LogP contribution in [0.3, 0.4) is 0 Å². The minimum absolute atomic E-state index is 0.0791. The summed E-state index contributed by atoms with van der Waals surface area (Å²) in [5, 5.41) is 37.3. The van der Waals surface area contributed by atoms with Crippen LogP contribution in [0, 0.1) is 34.5 Å². The fraction of sp³-hybridized carbons (Fsp3) is 0.765. The molecule has 1 aromatic carbocycles. The van der Waals surface area contributed by atoms with E-state index >= 15 is 0 Å². The molecule has 254 valence electrons. The van der Waals surface area contributed by atoms with E-state index in [4.69, 9.17) is 28.4 Å². The number of methoxy groups -OCH3 is 4. The fourth-order valence-electron chi connectivity index (χ4n) is 12.3. The van der Waals surface area contributed by atoms with Crippen molar-refractivity contribution in [1.29, 1.82) is 0 Å². The summed E-state index contributed by atoms with van der Waals surface area (Å²) in [5.74, 6) is -3.65. The number of carbonyl (C=O) groups is 2. The molecule has 1 spiro atoms. The number of aliphatic hydroxyl groups is 3. The normalized spacial score (nSPS) is 49.9. The molecule has 12 heteroatoms. The van der Waals surface area contributed by atoms with Gasteiger partial charge in [0.25, 0.3) is 0 Å². The molecule has 1 aliphatic heterocycles. The second-order valence-electron chi connectivity index (χ2n) is 14.4. The Morgan fingerprint density at radius 2 is 1.72 bits per heavy atom. The van der Waals surface area contributed by atoms with Gasteiger partial charge in [-0.05, 0) is 31.0 Å². The second kappa shape index (κ2) is 10.9. The van der Waals surface area contributed by atoms with Crippen LogP contribution in [0.25, 0.3) is 0 Å². The Morgan fingerprint density at radius 1 is 1.00 bits per heavy atom. The first-order valence-corrected chi connectivity index (χ1v) is 16.3. The van der Waals surface area contributed by atoms with Crippen molar-refractivity contribution in [2.75, 3.05) is 48.1 Å². The van der Waals surface area contributed by atoms with Crippen molar-refractivity contribution >= 4 is 11.9 Å². The lowest BCUT2D eigenvalue weighted by molar-refractivity contribution is -0.322. The molecule has 0 radical (unpaired) electrons. The van der Waals surface area contributed by atoms with Gasteiger partial charge in [0.05, 0.1) is 30.5 Å². The van der Waals surface area contributed by atoms with Crippen LogP contribution in [-0.2, 0) is 33.2 Å². The molecule has 7 rings (SSSR count). The van der Waals surface area contributed by atoms with Crippen molar-refractivity contribution in [2.45, 2.75) is 80.6 Å². The van der Waals surface area contributed by atoms with Gasteiger partial charge in [-0.15, -0.1) is 0 Å². The summed E-state index contributed by atoms with van der Waals surface area (Å²) >= 11 is 0. The number of likely N-dealkylation sites (tertiary alicyclic amines) is 1. The highest BCUT2D eigenvalue weighted by molar-refractivity contribution is 5.89. The van der Waals surface area contributed by atoms with E-state index in [0.717, 1.165) is 0 Å². The standard InChI is InChI=1S/C34H47NO11/c1-7-35-15-31(16-41-3)20(37)13-21(42-4)33-19-14-32(40)28(45-30(39)18-11-9-8-10-12-18)22(19)34(46-17(2)36,27(38)29(32)44-6)23(26(33)35)24(43-5)25(31)33/h8-12,19-29,37-38,40H,7,13-16H2,1-6H3/t19-,20?,21?,22+,23?,24?,25+,26?,27?,28?,29?,31+,32+,33+,34+/m0/s1. The van der Waals surface area contributed by atoms with Gasteiger partial charge in [-0.3, -0.25) is 9.69 Å². The van der Waals surface area contributed by atoms with Gasteiger partial charge in [-0.1, -0.05) is 25.1 Å². The summed E-state index contributed by atoms with van der Waals surface area (Å²) in [6, 6.07) is 8.18. The molecule has 1 saturated heterocycles. The highest BCUT2D eigenvalue weighted by Crippen LogP contribution is 2.80. The molecule has 0 amide bonds. The molecule has 3 N–H and O–H groups in total. The van der Waals surface area contributed by atoms with Gasteiger partial charge < -0.3 is 43.7 Å². The van der Waals surface area contributed by atoms with Crippen molar-refractivity contribution in [2.24, 2.45) is 34.5 Å². The molecule has 7 bridgehead atoms. The molecule has 5 saturated carbocycles. The molecule has 6 fully saturated rings. The van der Waals surface area contributed by atoms with Crippen LogP contribution in [0.1, 0.15) is 37.0 Å². The predicted octanol–water partition coefficient (Wildman–Crippen LogP) is 0.648. The Bertz CT molecular complexity index is 1360. The molecule has 6 aliphatic rings. The molecule has 5 aliphatic carbocycles. The second-order valence-corrected chi connectivity index (χ2v) is 14.4. The third kappa shape index (κ3) is 3.62. The summed E-state index contributed by atoms with van der Waals surface area (Å²) in [6.45, 7) is 4.68. The number of benzene rings is 1. The lowest BCUT2D eigenvalue weighted by Crippen LogP contribution is -2.81. The third-order valence-corrected chi connectivity index (χ3v) is 13.2. The summed E-state index contributed by atoms with van der Waals surface area (Å²) in [7, 11) is 6.27. The van der Waals surface area contributed by atoms with E-state index in [2.05, 4.69) is 4.90 Å². The third-order valence-electron chi connectivity index (χ3n) is 13.2. The van der Waals surface area contributed by atoms with Gasteiger partial charge in [0.2, 0.25) is 0 Å². The minimum atomic E-state index is -1.83. The number of nitrogens with zero attached hydrogens (tertiary/aromatic N) is 1. The van der Waals surface area contributed by atoms with Crippen molar-refractivity contribution < 1.29 is 53.3 Å². The quantitative estimate of drug-likeness (QED) is 0.323. The van der Waals surface area contributed by atoms with E-state index in [9.17, 15) is 24.9 Å². The number of esters is 2. The number of fused-ring (bicyclic) bond motifs is 2. The highest BCUT2D eigenvalue weighted by Gasteiger charge is 2.92. The van der Waals surface area contributed by atoms with E-state index in [-0.39, 0.29) is 25.0 Å². The van der Waals surface area contributed by atoms with Crippen LogP contribution in [0.4, 0.5) is 0 Å². The van der Waals surface area contributed by atoms with Crippen LogP contribution < -0.4 is 0 Å². The smallest absolute Gasteiger partial charge is 0.338 e. The van der Waals surface area contributed by atoms with Gasteiger partial charge in [0.1, 0.15) is 23.9 Å². The largest absolute Gasteiger partial charge is 0.455 e. The van der Waals surface area contributed by atoms with E-state index in [1.807, 2.05) is 6.92 Å². The van der Waals surface area contributed by atoms with Crippen LogP contribution in [0.5, 0.6) is 0 Å². The number of piperidine rings is 1. The lowest BCUT2D eigenvalue weighted by Gasteiger charge is -2.70. The first-order valence-electron chi connectivity index (χ1n) is 16.3. The maximum Gasteiger partial charge on any atom is 0.338 e. The molecular weight excluding hydrogens is 598 g/mol. The Balaban J connectivity index is 1.53. The molecule has 1 heterocycles. The van der Waals surface area contributed by atoms with Crippen molar-refractivity contribution in [3.8, 4) is 0 Å². The Morgan fingerprint density at radius 3 is 2.30 bits per heavy atom. The van der Waals surface area contributed by atoms with Gasteiger partial charge >= 0.3 is 11.9 Å². The Kier molecular flexibility index (Phi) is 7.69. The molecular formula is C34H47NO11. The fourth-order valence-corrected chi connectivity index (χ4v) is 12.3. The van der Waals surface area contributed by atoms with E-state index in [1.54, 1.807) is 51.7 Å². The van der Waals surface area contributed by atoms with Gasteiger partial charge in [0.15, 0.2) is 5.60 Å². The van der Waals surface area contributed by atoms with Crippen LogP contribution in [0.15, 0.2) is 30.3 Å². The zero-order valence-corrected chi connectivity index (χ0v) is 27.3. The maximum absolute atomic E-state index is 13.8. The lowest BCUT2D eigenvalue weighted by atomic mass is 9.42. The van der Waals surface area contributed by atoms with Crippen molar-refractivity contribution in [1.82, 2.24) is 4.90 Å². The van der Waals surface area contributed by atoms with E-state index in [1.165, 1.54) is 14.0 Å². The van der Waals surface area contributed by atoms with E-state index in [0.29, 0.717) is 25.1 Å². The molecule has 0 aromatic heterocycles. The first-order chi connectivity index (χ1) is 22.0. The summed E-state index contributed by atoms with van der Waals surface area (Å²) in [4.78, 5) is 29.3. The van der Waals surface area contributed by atoms with Crippen LogP contribution in [-0.4, -0.2) is 134 Å². The summed E-state index contributed by atoms with van der Waals surface area (Å²) in [6.07, 6.45) is -5.49. The minimum Gasteiger partial charge on any atom is -0.455 e. The van der Waals surface area contributed by atoms with Crippen molar-refractivity contribution in [3.05, 3.63) is 35.9 Å². The van der Waals surface area contributed by atoms with E-state index < -0.39 is 88.3 Å². The number of rotatable bonds is 9. The summed E-state index contributed by atoms with van der Waals surface area (Å²) < 4.78 is 37.4. The average molecular weight is 646 g/mol. The van der Waals surface area contributed by atoms with Gasteiger partial charge in [-0.2, -0.15) is 0 Å². The molecule has 15 atom stereocenters. The maximum atomic E-state index is 13.8. The van der Waals surface area contributed by atoms with Gasteiger partial charge in [-0.25, -0.2) is 4.79 Å². The predicted molar refractivity (Wildman–Crippen MR) is 160 cm³/mol. The monoisotopic (exact) mass is 645 g/mol. The molecule has 8 unspecified atom stereocenters. The zero-order valence-electron chi connectivity index (χ0n) is 27.3. The average Bonchev–Trinajstić information content (AvgIpc) is 3.41. The number of ether oxygens (including phenoxy) is 6. The molecule has 12 nitrogen and oxygen atoms in total. The first kappa shape index (κ1) is 32.4.